The molecule has 0 saturated heterocycles. The Labute approximate surface area is 144 Å². The normalized spacial score (nSPS) is 10.9. The molecule has 0 fully saturated rings. The monoisotopic (exact) mass is 341 g/mol. The smallest absolute Gasteiger partial charge is 0.322 e. The van der Waals surface area contributed by atoms with Gasteiger partial charge in [0.05, 0.1) is 18.4 Å². The standard InChI is InChI=1S/C17H19N5O3/c1-10(2)22-13(9-11(3)21-22)15(23)18-17-20-19-16(25-17)12-7-5-6-8-14(12)24-4/h5-10H,1-4H3,(H,18,20,23). The molecule has 0 radical (unpaired) electrons. The molecule has 0 atom stereocenters. The first kappa shape index (κ1) is 16.7. The molecule has 0 aliphatic carbocycles. The first-order valence-electron chi connectivity index (χ1n) is 7.84. The van der Waals surface area contributed by atoms with Crippen molar-refractivity contribution in [3.05, 3.63) is 41.7 Å². The topological polar surface area (TPSA) is 95.1 Å². The van der Waals surface area contributed by atoms with Crippen LogP contribution >= 0.6 is 0 Å². The van der Waals surface area contributed by atoms with Crippen LogP contribution in [0.1, 0.15) is 36.1 Å². The Morgan fingerprint density at radius 2 is 2.04 bits per heavy atom. The molecule has 0 saturated carbocycles. The van der Waals surface area contributed by atoms with E-state index in [2.05, 4.69) is 20.6 Å². The highest BCUT2D eigenvalue weighted by molar-refractivity contribution is 6.02. The van der Waals surface area contributed by atoms with Crippen LogP contribution in [-0.4, -0.2) is 33.0 Å². The number of nitrogens with zero attached hydrogens (tertiary/aromatic N) is 4. The highest BCUT2D eigenvalue weighted by atomic mass is 16.5. The van der Waals surface area contributed by atoms with Gasteiger partial charge in [0.15, 0.2) is 0 Å². The van der Waals surface area contributed by atoms with Crippen molar-refractivity contribution < 1.29 is 13.9 Å². The first-order valence-corrected chi connectivity index (χ1v) is 7.84. The molecule has 0 aliphatic heterocycles. The Kier molecular flexibility index (Phi) is 4.51. The molecule has 0 unspecified atom stereocenters. The van der Waals surface area contributed by atoms with E-state index in [0.29, 0.717) is 17.0 Å². The number of amides is 1. The number of hydrogen-bond acceptors (Lipinski definition) is 6. The number of rotatable bonds is 5. The first-order chi connectivity index (χ1) is 12.0. The Morgan fingerprint density at radius 1 is 1.28 bits per heavy atom. The number of hydrogen-bond donors (Lipinski definition) is 1. The molecule has 1 N–H and O–H groups in total. The molecule has 0 spiro atoms. The highest BCUT2D eigenvalue weighted by Crippen LogP contribution is 2.29. The van der Waals surface area contributed by atoms with Crippen LogP contribution in [0.3, 0.4) is 0 Å². The van der Waals surface area contributed by atoms with E-state index in [4.69, 9.17) is 9.15 Å². The number of benzene rings is 1. The summed E-state index contributed by atoms with van der Waals surface area (Å²) in [7, 11) is 1.56. The van der Waals surface area contributed by atoms with Crippen LogP contribution in [0.2, 0.25) is 0 Å². The molecule has 2 heterocycles. The third-order valence-electron chi connectivity index (χ3n) is 3.56. The lowest BCUT2D eigenvalue weighted by atomic mass is 10.2. The predicted molar refractivity (Wildman–Crippen MR) is 91.6 cm³/mol. The third kappa shape index (κ3) is 3.37. The van der Waals surface area contributed by atoms with Gasteiger partial charge in [-0.2, -0.15) is 5.10 Å². The molecule has 25 heavy (non-hydrogen) atoms. The number of nitrogens with one attached hydrogen (secondary N) is 1. The molecule has 3 rings (SSSR count). The van der Waals surface area contributed by atoms with Crippen molar-refractivity contribution in [3.8, 4) is 17.2 Å². The van der Waals surface area contributed by atoms with Crippen LogP contribution in [0.15, 0.2) is 34.7 Å². The highest BCUT2D eigenvalue weighted by Gasteiger charge is 2.19. The van der Waals surface area contributed by atoms with Crippen molar-refractivity contribution in [1.29, 1.82) is 0 Å². The summed E-state index contributed by atoms with van der Waals surface area (Å²) >= 11 is 0. The minimum Gasteiger partial charge on any atom is -0.496 e. The lowest BCUT2D eigenvalue weighted by Crippen LogP contribution is -2.19. The summed E-state index contributed by atoms with van der Waals surface area (Å²) in [6, 6.07) is 9.06. The van der Waals surface area contributed by atoms with Crippen molar-refractivity contribution in [3.63, 3.8) is 0 Å². The van der Waals surface area contributed by atoms with E-state index in [-0.39, 0.29) is 23.9 Å². The van der Waals surface area contributed by atoms with Gasteiger partial charge in [-0.05, 0) is 39.0 Å². The summed E-state index contributed by atoms with van der Waals surface area (Å²) in [6.07, 6.45) is 0. The molecule has 3 aromatic rings. The lowest BCUT2D eigenvalue weighted by Gasteiger charge is -2.09. The molecule has 8 nitrogen and oxygen atoms in total. The molecular weight excluding hydrogens is 322 g/mol. The van der Waals surface area contributed by atoms with Gasteiger partial charge in [-0.15, -0.1) is 5.10 Å². The van der Waals surface area contributed by atoms with Crippen molar-refractivity contribution in [2.45, 2.75) is 26.8 Å². The van der Waals surface area contributed by atoms with Crippen LogP contribution in [0.4, 0.5) is 6.01 Å². The number of carbonyl (C=O) groups is 1. The van der Waals surface area contributed by atoms with Gasteiger partial charge in [-0.3, -0.25) is 14.8 Å². The molecule has 0 bridgehead atoms. The van der Waals surface area contributed by atoms with Gasteiger partial charge in [0.1, 0.15) is 11.4 Å². The fraction of sp³-hybridized carbons (Fsp3) is 0.294. The van der Waals surface area contributed by atoms with Crippen LogP contribution in [0.5, 0.6) is 5.75 Å². The number of ether oxygens (including phenoxy) is 1. The molecule has 8 heteroatoms. The van der Waals surface area contributed by atoms with E-state index in [1.165, 1.54) is 0 Å². The fourth-order valence-electron chi connectivity index (χ4n) is 2.44. The maximum atomic E-state index is 12.5. The lowest BCUT2D eigenvalue weighted by molar-refractivity contribution is 0.101. The van der Waals surface area contributed by atoms with E-state index < -0.39 is 0 Å². The second kappa shape index (κ2) is 6.76. The van der Waals surface area contributed by atoms with Crippen molar-refractivity contribution in [2.24, 2.45) is 0 Å². The zero-order valence-corrected chi connectivity index (χ0v) is 14.5. The predicted octanol–water partition coefficient (Wildman–Crippen LogP) is 3.08. The summed E-state index contributed by atoms with van der Waals surface area (Å²) in [4.78, 5) is 12.5. The van der Waals surface area contributed by atoms with Gasteiger partial charge in [0.25, 0.3) is 11.8 Å². The van der Waals surface area contributed by atoms with E-state index in [9.17, 15) is 4.79 Å². The van der Waals surface area contributed by atoms with Crippen molar-refractivity contribution in [1.82, 2.24) is 20.0 Å². The van der Waals surface area contributed by atoms with Gasteiger partial charge in [0, 0.05) is 6.04 Å². The Balaban J connectivity index is 1.83. The average Bonchev–Trinajstić information content (AvgIpc) is 3.21. The number of methoxy groups -OCH3 is 1. The van der Waals surface area contributed by atoms with E-state index in [0.717, 1.165) is 5.69 Å². The van der Waals surface area contributed by atoms with E-state index >= 15 is 0 Å². The molecule has 2 aromatic heterocycles. The van der Waals surface area contributed by atoms with Crippen LogP contribution < -0.4 is 10.1 Å². The Bertz CT molecular complexity index is 897. The Morgan fingerprint density at radius 3 is 2.76 bits per heavy atom. The van der Waals surface area contributed by atoms with Gasteiger partial charge in [0.2, 0.25) is 0 Å². The SMILES string of the molecule is COc1ccccc1-c1nnc(NC(=O)c2cc(C)nn2C(C)C)o1. The largest absolute Gasteiger partial charge is 0.496 e. The second-order valence-electron chi connectivity index (χ2n) is 5.78. The third-order valence-corrected chi connectivity index (χ3v) is 3.56. The number of aromatic nitrogens is 4. The van der Waals surface area contributed by atoms with Gasteiger partial charge >= 0.3 is 6.01 Å². The van der Waals surface area contributed by atoms with E-state index in [1.54, 1.807) is 30.0 Å². The number of carbonyl (C=O) groups excluding carboxylic acids is 1. The van der Waals surface area contributed by atoms with E-state index in [1.807, 2.05) is 32.9 Å². The van der Waals surface area contributed by atoms with Crippen molar-refractivity contribution >= 4 is 11.9 Å². The quantitative estimate of drug-likeness (QED) is 0.766. The maximum absolute atomic E-state index is 12.5. The zero-order chi connectivity index (χ0) is 18.0. The maximum Gasteiger partial charge on any atom is 0.322 e. The molecular formula is C17H19N5O3. The summed E-state index contributed by atoms with van der Waals surface area (Å²) < 4.78 is 12.5. The summed E-state index contributed by atoms with van der Waals surface area (Å²) in [5.41, 5.74) is 1.85. The van der Waals surface area contributed by atoms with Crippen LogP contribution in [-0.2, 0) is 0 Å². The minimum absolute atomic E-state index is 0.0139. The molecule has 1 amide bonds. The van der Waals surface area contributed by atoms with Gasteiger partial charge < -0.3 is 9.15 Å². The number of aryl methyl sites for hydroxylation is 1. The number of anilines is 1. The summed E-state index contributed by atoms with van der Waals surface area (Å²) in [6.45, 7) is 5.74. The van der Waals surface area contributed by atoms with Gasteiger partial charge in [-0.25, -0.2) is 0 Å². The molecule has 1 aromatic carbocycles. The second-order valence-corrected chi connectivity index (χ2v) is 5.78. The number of para-hydroxylation sites is 1. The summed E-state index contributed by atoms with van der Waals surface area (Å²) in [5.74, 6) is 0.517. The summed E-state index contributed by atoms with van der Waals surface area (Å²) in [5, 5.41) is 14.8. The fourth-order valence-corrected chi connectivity index (χ4v) is 2.44. The minimum atomic E-state index is -0.357. The zero-order valence-electron chi connectivity index (χ0n) is 14.5. The Hall–Kier alpha value is -3.16. The van der Waals surface area contributed by atoms with Crippen LogP contribution in [0.25, 0.3) is 11.5 Å². The van der Waals surface area contributed by atoms with Gasteiger partial charge in [-0.1, -0.05) is 17.2 Å². The molecule has 0 aliphatic rings. The molecule has 130 valence electrons. The van der Waals surface area contributed by atoms with Crippen LogP contribution in [0, 0.1) is 6.92 Å². The average molecular weight is 341 g/mol. The van der Waals surface area contributed by atoms with Crippen molar-refractivity contribution in [2.75, 3.05) is 12.4 Å².